The zero-order valence-corrected chi connectivity index (χ0v) is 9.23. The molecule has 17 heavy (non-hydrogen) atoms. The molecule has 0 radical (unpaired) electrons. The fourth-order valence-electron chi connectivity index (χ4n) is 2.53. The Bertz CT molecular complexity index is 576. The van der Waals surface area contributed by atoms with Gasteiger partial charge in [0.25, 0.3) is 0 Å². The Morgan fingerprint density at radius 3 is 3.29 bits per heavy atom. The molecule has 0 aliphatic heterocycles. The van der Waals surface area contributed by atoms with Gasteiger partial charge < -0.3 is 15.4 Å². The maximum absolute atomic E-state index is 10.6. The standard InChI is InChI=1S/C12H13N3O2/c16-12(17)14-7-3-4-9-8(6-7)11-10(15-9)2-1-5-13-11/h1-2,5,7,14-15H,3-4,6H2,(H,16,17). The first-order valence-corrected chi connectivity index (χ1v) is 5.68. The van der Waals surface area contributed by atoms with Crippen LogP contribution >= 0.6 is 0 Å². The van der Waals surface area contributed by atoms with Crippen LogP contribution < -0.4 is 5.32 Å². The molecule has 2 aromatic rings. The smallest absolute Gasteiger partial charge is 0.404 e. The number of H-pyrrole nitrogens is 1. The minimum absolute atomic E-state index is 0.000932. The third-order valence-electron chi connectivity index (χ3n) is 3.26. The number of hydrogen-bond acceptors (Lipinski definition) is 2. The number of aromatic nitrogens is 2. The largest absolute Gasteiger partial charge is 0.465 e. The van der Waals surface area contributed by atoms with Gasteiger partial charge in [-0.15, -0.1) is 0 Å². The Balaban J connectivity index is 1.97. The molecule has 1 amide bonds. The number of amides is 1. The van der Waals surface area contributed by atoms with Crippen molar-refractivity contribution in [3.8, 4) is 0 Å². The highest BCUT2D eigenvalue weighted by Crippen LogP contribution is 2.27. The second-order valence-corrected chi connectivity index (χ2v) is 4.37. The number of hydrogen-bond donors (Lipinski definition) is 3. The van der Waals surface area contributed by atoms with Crippen molar-refractivity contribution in [2.24, 2.45) is 0 Å². The summed E-state index contributed by atoms with van der Waals surface area (Å²) in [5.74, 6) is 0. The van der Waals surface area contributed by atoms with Crippen molar-refractivity contribution in [1.29, 1.82) is 0 Å². The highest BCUT2D eigenvalue weighted by molar-refractivity contribution is 5.80. The molecule has 0 saturated heterocycles. The highest BCUT2D eigenvalue weighted by atomic mass is 16.4. The zero-order valence-electron chi connectivity index (χ0n) is 9.23. The maximum Gasteiger partial charge on any atom is 0.404 e. The van der Waals surface area contributed by atoms with Gasteiger partial charge in [-0.05, 0) is 31.4 Å². The molecular formula is C12H13N3O2. The van der Waals surface area contributed by atoms with Crippen molar-refractivity contribution < 1.29 is 9.90 Å². The van der Waals surface area contributed by atoms with E-state index >= 15 is 0 Å². The summed E-state index contributed by atoms with van der Waals surface area (Å²) >= 11 is 0. The van der Waals surface area contributed by atoms with Crippen molar-refractivity contribution >= 4 is 17.1 Å². The van der Waals surface area contributed by atoms with Crippen LogP contribution in [0.1, 0.15) is 17.7 Å². The van der Waals surface area contributed by atoms with E-state index in [4.69, 9.17) is 5.11 Å². The Morgan fingerprint density at radius 1 is 1.59 bits per heavy atom. The van der Waals surface area contributed by atoms with E-state index < -0.39 is 6.09 Å². The van der Waals surface area contributed by atoms with Crippen LogP contribution in [0.2, 0.25) is 0 Å². The first-order chi connectivity index (χ1) is 8.24. The van der Waals surface area contributed by atoms with Crippen LogP contribution in [0.3, 0.4) is 0 Å². The third-order valence-corrected chi connectivity index (χ3v) is 3.26. The van der Waals surface area contributed by atoms with Crippen LogP contribution in [-0.2, 0) is 12.8 Å². The van der Waals surface area contributed by atoms with E-state index in [1.165, 1.54) is 5.69 Å². The van der Waals surface area contributed by atoms with Gasteiger partial charge in [0.05, 0.1) is 11.0 Å². The minimum Gasteiger partial charge on any atom is -0.465 e. The molecule has 1 aliphatic rings. The van der Waals surface area contributed by atoms with E-state index in [1.807, 2.05) is 12.1 Å². The van der Waals surface area contributed by atoms with Gasteiger partial charge in [0.2, 0.25) is 0 Å². The van der Waals surface area contributed by atoms with E-state index in [1.54, 1.807) is 6.20 Å². The molecule has 88 valence electrons. The molecule has 2 aromatic heterocycles. The molecule has 1 aliphatic carbocycles. The lowest BCUT2D eigenvalue weighted by Crippen LogP contribution is -2.37. The molecule has 3 rings (SSSR count). The van der Waals surface area contributed by atoms with E-state index in [9.17, 15) is 4.79 Å². The summed E-state index contributed by atoms with van der Waals surface area (Å²) in [7, 11) is 0. The first kappa shape index (κ1) is 10.1. The van der Waals surface area contributed by atoms with Crippen LogP contribution in [0.5, 0.6) is 0 Å². The second-order valence-electron chi connectivity index (χ2n) is 4.37. The lowest BCUT2D eigenvalue weighted by Gasteiger charge is -2.21. The van der Waals surface area contributed by atoms with E-state index in [-0.39, 0.29) is 6.04 Å². The lowest BCUT2D eigenvalue weighted by atomic mass is 9.93. The lowest BCUT2D eigenvalue weighted by molar-refractivity contribution is 0.188. The summed E-state index contributed by atoms with van der Waals surface area (Å²) < 4.78 is 0. The average Bonchev–Trinajstić information content (AvgIpc) is 2.66. The summed E-state index contributed by atoms with van der Waals surface area (Å²) in [6, 6.07) is 3.90. The highest BCUT2D eigenvalue weighted by Gasteiger charge is 2.23. The van der Waals surface area contributed by atoms with Gasteiger partial charge in [-0.1, -0.05) is 0 Å². The summed E-state index contributed by atoms with van der Waals surface area (Å²) in [6.07, 6.45) is 3.25. The molecule has 0 saturated carbocycles. The van der Waals surface area contributed by atoms with Crippen LogP contribution in [0.25, 0.3) is 11.0 Å². The van der Waals surface area contributed by atoms with Crippen molar-refractivity contribution in [2.75, 3.05) is 0 Å². The number of rotatable bonds is 1. The van der Waals surface area contributed by atoms with E-state index in [2.05, 4.69) is 15.3 Å². The second kappa shape index (κ2) is 3.76. The molecule has 1 atom stereocenters. The van der Waals surface area contributed by atoms with E-state index in [0.717, 1.165) is 35.9 Å². The van der Waals surface area contributed by atoms with Crippen molar-refractivity contribution in [3.05, 3.63) is 29.6 Å². The number of nitrogens with one attached hydrogen (secondary N) is 2. The minimum atomic E-state index is -0.953. The molecule has 1 unspecified atom stereocenters. The Morgan fingerprint density at radius 2 is 2.47 bits per heavy atom. The van der Waals surface area contributed by atoms with Gasteiger partial charge in [-0.3, -0.25) is 4.98 Å². The molecule has 5 heteroatoms. The van der Waals surface area contributed by atoms with Gasteiger partial charge in [0.1, 0.15) is 0 Å². The molecule has 2 heterocycles. The number of carbonyl (C=O) groups is 1. The van der Waals surface area contributed by atoms with Gasteiger partial charge in [0, 0.05) is 23.5 Å². The topological polar surface area (TPSA) is 78.0 Å². The predicted octanol–water partition coefficient (Wildman–Crippen LogP) is 1.69. The van der Waals surface area contributed by atoms with Crippen LogP contribution in [0, 0.1) is 0 Å². The fourth-order valence-corrected chi connectivity index (χ4v) is 2.53. The quantitative estimate of drug-likeness (QED) is 0.698. The Kier molecular flexibility index (Phi) is 2.24. The average molecular weight is 231 g/mol. The number of aromatic amines is 1. The van der Waals surface area contributed by atoms with E-state index in [0.29, 0.717) is 0 Å². The first-order valence-electron chi connectivity index (χ1n) is 5.68. The summed E-state index contributed by atoms with van der Waals surface area (Å²) in [6.45, 7) is 0. The van der Waals surface area contributed by atoms with Crippen LogP contribution in [0.15, 0.2) is 18.3 Å². The molecule has 3 N–H and O–H groups in total. The molecular weight excluding hydrogens is 218 g/mol. The molecule has 0 bridgehead atoms. The molecule has 5 nitrogen and oxygen atoms in total. The van der Waals surface area contributed by atoms with Gasteiger partial charge in [-0.25, -0.2) is 4.79 Å². The van der Waals surface area contributed by atoms with Crippen molar-refractivity contribution in [2.45, 2.75) is 25.3 Å². The molecule has 0 fully saturated rings. The van der Waals surface area contributed by atoms with Crippen LogP contribution in [-0.4, -0.2) is 27.2 Å². The van der Waals surface area contributed by atoms with Gasteiger partial charge >= 0.3 is 6.09 Å². The molecule has 0 aromatic carbocycles. The van der Waals surface area contributed by atoms with Gasteiger partial charge in [0.15, 0.2) is 0 Å². The number of pyridine rings is 1. The van der Waals surface area contributed by atoms with Gasteiger partial charge in [-0.2, -0.15) is 0 Å². The monoisotopic (exact) mass is 231 g/mol. The third kappa shape index (κ3) is 1.73. The summed E-state index contributed by atoms with van der Waals surface area (Å²) in [4.78, 5) is 18.4. The number of carboxylic acid groups (broad SMARTS) is 1. The number of aryl methyl sites for hydroxylation is 1. The maximum atomic E-state index is 10.6. The normalized spacial score (nSPS) is 18.9. The number of nitrogens with zero attached hydrogens (tertiary/aromatic N) is 1. The summed E-state index contributed by atoms with van der Waals surface area (Å²) in [5.41, 5.74) is 4.36. The summed E-state index contributed by atoms with van der Waals surface area (Å²) in [5, 5.41) is 11.3. The zero-order chi connectivity index (χ0) is 11.8. The fraction of sp³-hybridized carbons (Fsp3) is 0.333. The van der Waals surface area contributed by atoms with Crippen molar-refractivity contribution in [1.82, 2.24) is 15.3 Å². The van der Waals surface area contributed by atoms with Crippen LogP contribution in [0.4, 0.5) is 4.79 Å². The Hall–Kier alpha value is -2.04. The van der Waals surface area contributed by atoms with Crippen molar-refractivity contribution in [3.63, 3.8) is 0 Å². The molecule has 0 spiro atoms. The number of fused-ring (bicyclic) bond motifs is 3. The SMILES string of the molecule is O=C(O)NC1CCc2[nH]c3cccnc3c2C1. The Labute approximate surface area is 97.9 Å². The predicted molar refractivity (Wildman–Crippen MR) is 63.1 cm³/mol.